The second-order valence-electron chi connectivity index (χ2n) is 7.73. The second kappa shape index (κ2) is 10.3. The summed E-state index contributed by atoms with van der Waals surface area (Å²) in [5.41, 5.74) is 1.42. The van der Waals surface area contributed by atoms with E-state index in [2.05, 4.69) is 15.2 Å². The third-order valence-electron chi connectivity index (χ3n) is 5.54. The molecule has 2 amide bonds. The summed E-state index contributed by atoms with van der Waals surface area (Å²) in [5.74, 6) is 0.522. The largest absolute Gasteiger partial charge is 0.353 e. The van der Waals surface area contributed by atoms with Crippen molar-refractivity contribution in [1.29, 1.82) is 0 Å². The van der Waals surface area contributed by atoms with Crippen molar-refractivity contribution in [2.45, 2.75) is 12.5 Å². The van der Waals surface area contributed by atoms with Crippen LogP contribution >= 0.6 is 11.6 Å². The van der Waals surface area contributed by atoms with E-state index in [0.29, 0.717) is 43.2 Å². The first-order chi connectivity index (χ1) is 15.6. The Morgan fingerprint density at radius 2 is 1.69 bits per heavy atom. The Morgan fingerprint density at radius 3 is 2.38 bits per heavy atom. The number of rotatable bonds is 6. The molecule has 1 saturated heterocycles. The van der Waals surface area contributed by atoms with Crippen LogP contribution in [-0.2, 0) is 11.2 Å². The number of carbonyl (C=O) groups is 2. The van der Waals surface area contributed by atoms with Crippen LogP contribution < -0.4 is 10.2 Å². The number of nitrogens with zero attached hydrogens (tertiary/aromatic N) is 3. The average molecular weight is 449 g/mol. The highest BCUT2D eigenvalue weighted by molar-refractivity contribution is 6.31. The number of benzene rings is 2. The molecule has 2 heterocycles. The highest BCUT2D eigenvalue weighted by Crippen LogP contribution is 2.15. The number of piperazine rings is 1. The summed E-state index contributed by atoms with van der Waals surface area (Å²) in [6.07, 6.45) is 2.19. The number of aromatic nitrogens is 1. The van der Waals surface area contributed by atoms with Crippen molar-refractivity contribution < 1.29 is 9.59 Å². The van der Waals surface area contributed by atoms with E-state index in [1.165, 1.54) is 0 Å². The zero-order valence-electron chi connectivity index (χ0n) is 17.7. The first-order valence-corrected chi connectivity index (χ1v) is 11.0. The fraction of sp³-hybridized carbons (Fsp3) is 0.240. The van der Waals surface area contributed by atoms with E-state index in [9.17, 15) is 9.59 Å². The predicted molar refractivity (Wildman–Crippen MR) is 126 cm³/mol. The zero-order valence-corrected chi connectivity index (χ0v) is 18.4. The number of hydrogen-bond acceptors (Lipinski definition) is 4. The Bertz CT molecular complexity index is 1050. The van der Waals surface area contributed by atoms with Gasteiger partial charge in [-0.3, -0.25) is 9.59 Å². The second-order valence-corrected chi connectivity index (χ2v) is 8.16. The van der Waals surface area contributed by atoms with Crippen LogP contribution in [0, 0.1) is 0 Å². The third kappa shape index (κ3) is 5.45. The van der Waals surface area contributed by atoms with Gasteiger partial charge in [-0.1, -0.05) is 54.1 Å². The van der Waals surface area contributed by atoms with Gasteiger partial charge in [0.1, 0.15) is 11.9 Å². The minimum atomic E-state index is -0.662. The van der Waals surface area contributed by atoms with Crippen molar-refractivity contribution >= 4 is 29.2 Å². The van der Waals surface area contributed by atoms with Gasteiger partial charge in [0.2, 0.25) is 5.91 Å². The Hall–Kier alpha value is -3.38. The molecule has 0 radical (unpaired) electrons. The molecular formula is C25H25ClN4O2. The molecule has 2 aromatic carbocycles. The monoisotopic (exact) mass is 448 g/mol. The number of carbonyl (C=O) groups excluding carboxylic acids is 2. The maximum atomic E-state index is 13.4. The molecule has 0 aliphatic carbocycles. The normalized spacial score (nSPS) is 14.7. The van der Waals surface area contributed by atoms with E-state index < -0.39 is 6.04 Å². The number of pyridine rings is 1. The lowest BCUT2D eigenvalue weighted by molar-refractivity contribution is -0.133. The van der Waals surface area contributed by atoms with Crippen LogP contribution in [0.15, 0.2) is 79.0 Å². The maximum Gasteiger partial charge on any atom is 0.251 e. The lowest BCUT2D eigenvalue weighted by Gasteiger charge is -2.37. The van der Waals surface area contributed by atoms with Crippen LogP contribution in [-0.4, -0.2) is 53.9 Å². The lowest BCUT2D eigenvalue weighted by atomic mass is 10.0. The summed E-state index contributed by atoms with van der Waals surface area (Å²) < 4.78 is 0. The number of anilines is 1. The first-order valence-electron chi connectivity index (χ1n) is 10.7. The molecular weight excluding hydrogens is 424 g/mol. The van der Waals surface area contributed by atoms with Gasteiger partial charge in [-0.15, -0.1) is 0 Å². The molecule has 4 rings (SSSR count). The molecule has 7 heteroatoms. The summed E-state index contributed by atoms with van der Waals surface area (Å²) >= 11 is 6.04. The van der Waals surface area contributed by atoms with Crippen molar-refractivity contribution in [3.05, 3.63) is 95.1 Å². The molecule has 0 saturated carbocycles. The van der Waals surface area contributed by atoms with Gasteiger partial charge in [0.25, 0.3) is 5.91 Å². The number of hydrogen-bond donors (Lipinski definition) is 1. The molecule has 1 aliphatic heterocycles. The van der Waals surface area contributed by atoms with Crippen LogP contribution in [0.4, 0.5) is 5.82 Å². The minimum absolute atomic E-state index is 0.0788. The van der Waals surface area contributed by atoms with Crippen molar-refractivity contribution in [3.8, 4) is 0 Å². The quantitative estimate of drug-likeness (QED) is 0.627. The highest BCUT2D eigenvalue weighted by Gasteiger charge is 2.29. The van der Waals surface area contributed by atoms with Gasteiger partial charge in [-0.25, -0.2) is 4.98 Å². The summed E-state index contributed by atoms with van der Waals surface area (Å²) in [6, 6.07) is 21.6. The molecule has 0 bridgehead atoms. The molecule has 1 unspecified atom stereocenters. The molecule has 164 valence electrons. The minimum Gasteiger partial charge on any atom is -0.353 e. The van der Waals surface area contributed by atoms with Gasteiger partial charge >= 0.3 is 0 Å². The molecule has 1 aliphatic rings. The van der Waals surface area contributed by atoms with E-state index in [0.717, 1.165) is 11.4 Å². The summed E-state index contributed by atoms with van der Waals surface area (Å²) in [7, 11) is 0. The van der Waals surface area contributed by atoms with E-state index in [1.54, 1.807) is 30.5 Å². The Balaban J connectivity index is 1.46. The smallest absolute Gasteiger partial charge is 0.251 e. The summed E-state index contributed by atoms with van der Waals surface area (Å²) in [6.45, 7) is 2.55. The third-order valence-corrected chi connectivity index (χ3v) is 5.77. The zero-order chi connectivity index (χ0) is 22.3. The van der Waals surface area contributed by atoms with Gasteiger partial charge in [0, 0.05) is 49.4 Å². The molecule has 1 atom stereocenters. The van der Waals surface area contributed by atoms with Crippen molar-refractivity contribution in [3.63, 3.8) is 0 Å². The van der Waals surface area contributed by atoms with Crippen LogP contribution in [0.3, 0.4) is 0 Å². The molecule has 1 fully saturated rings. The number of nitrogens with one attached hydrogen (secondary N) is 1. The summed E-state index contributed by atoms with van der Waals surface area (Å²) in [5, 5.41) is 3.42. The molecule has 0 spiro atoms. The van der Waals surface area contributed by atoms with E-state index in [4.69, 9.17) is 11.6 Å². The fourth-order valence-electron chi connectivity index (χ4n) is 3.84. The Morgan fingerprint density at radius 1 is 0.938 bits per heavy atom. The summed E-state index contributed by atoms with van der Waals surface area (Å²) in [4.78, 5) is 34.7. The molecule has 1 N–H and O–H groups in total. The molecule has 32 heavy (non-hydrogen) atoms. The lowest BCUT2D eigenvalue weighted by Crippen LogP contribution is -2.55. The first kappa shape index (κ1) is 21.8. The Labute approximate surface area is 192 Å². The molecule has 6 nitrogen and oxygen atoms in total. The predicted octanol–water partition coefficient (Wildman–Crippen LogP) is 3.42. The van der Waals surface area contributed by atoms with Gasteiger partial charge in [0.05, 0.1) is 0 Å². The van der Waals surface area contributed by atoms with Crippen LogP contribution in [0.5, 0.6) is 0 Å². The average Bonchev–Trinajstić information content (AvgIpc) is 2.84. The van der Waals surface area contributed by atoms with Gasteiger partial charge < -0.3 is 15.1 Å². The van der Waals surface area contributed by atoms with Crippen LogP contribution in [0.1, 0.15) is 15.9 Å². The maximum absolute atomic E-state index is 13.4. The van der Waals surface area contributed by atoms with Crippen molar-refractivity contribution in [2.24, 2.45) is 0 Å². The number of halogens is 1. The Kier molecular flexibility index (Phi) is 7.02. The van der Waals surface area contributed by atoms with Crippen molar-refractivity contribution in [1.82, 2.24) is 15.2 Å². The fourth-order valence-corrected chi connectivity index (χ4v) is 4.03. The topological polar surface area (TPSA) is 65.5 Å². The molecule has 1 aromatic heterocycles. The SMILES string of the molecule is O=C(NC(Cc1ccccc1)C(=O)N1CCN(c2ccccn2)CC1)c1cccc(Cl)c1. The number of amides is 2. The highest BCUT2D eigenvalue weighted by atomic mass is 35.5. The standard InChI is InChI=1S/C25H25ClN4O2/c26-21-10-6-9-20(18-21)24(31)28-22(17-19-7-2-1-3-8-19)25(32)30-15-13-29(14-16-30)23-11-4-5-12-27-23/h1-12,18,22H,13-17H2,(H,28,31). The van der Waals surface area contributed by atoms with Gasteiger partial charge in [-0.2, -0.15) is 0 Å². The van der Waals surface area contributed by atoms with E-state index in [-0.39, 0.29) is 11.8 Å². The van der Waals surface area contributed by atoms with E-state index in [1.807, 2.05) is 53.4 Å². The van der Waals surface area contributed by atoms with Gasteiger partial charge in [-0.05, 0) is 35.9 Å². The van der Waals surface area contributed by atoms with Crippen LogP contribution in [0.2, 0.25) is 5.02 Å². The molecule has 3 aromatic rings. The van der Waals surface area contributed by atoms with E-state index >= 15 is 0 Å². The van der Waals surface area contributed by atoms with Crippen molar-refractivity contribution in [2.75, 3.05) is 31.1 Å². The van der Waals surface area contributed by atoms with Crippen LogP contribution in [0.25, 0.3) is 0 Å². The van der Waals surface area contributed by atoms with Gasteiger partial charge in [0.15, 0.2) is 0 Å².